The summed E-state index contributed by atoms with van der Waals surface area (Å²) in [4.78, 5) is 37.0. The van der Waals surface area contributed by atoms with Crippen LogP contribution in [0.5, 0.6) is 0 Å². The van der Waals surface area contributed by atoms with Gasteiger partial charge < -0.3 is 20.1 Å². The number of fused-ring (bicyclic) bond motifs is 3. The van der Waals surface area contributed by atoms with Crippen molar-refractivity contribution in [1.29, 1.82) is 0 Å². The van der Waals surface area contributed by atoms with Crippen LogP contribution in [0.25, 0.3) is 11.1 Å². The van der Waals surface area contributed by atoms with Crippen molar-refractivity contribution in [3.05, 3.63) is 59.7 Å². The van der Waals surface area contributed by atoms with Crippen molar-refractivity contribution in [2.45, 2.75) is 44.1 Å². The van der Waals surface area contributed by atoms with Gasteiger partial charge in [-0.2, -0.15) is 0 Å². The van der Waals surface area contributed by atoms with Gasteiger partial charge in [0, 0.05) is 32.0 Å². The lowest BCUT2D eigenvalue weighted by molar-refractivity contribution is -0.150. The van der Waals surface area contributed by atoms with Gasteiger partial charge in [0.25, 0.3) is 0 Å². The number of carboxylic acids is 1. The van der Waals surface area contributed by atoms with Crippen LogP contribution in [0.1, 0.15) is 49.1 Å². The molecule has 33 heavy (non-hydrogen) atoms. The Kier molecular flexibility index (Phi) is 6.96. The van der Waals surface area contributed by atoms with Gasteiger partial charge in [0.2, 0.25) is 5.91 Å². The standard InChI is InChI=1S/C26H30N2O5/c1-28(18-14-17(15-18)25(30)31)24(29)12-6-7-13-27-26(32)33-16-23-21-10-4-2-8-19(21)20-9-3-5-11-22(20)23/h2-5,8-11,17-18,23H,6-7,12-16H2,1H3,(H,27,32)(H,30,31). The fourth-order valence-electron chi connectivity index (χ4n) is 4.73. The zero-order chi connectivity index (χ0) is 23.4. The van der Waals surface area contributed by atoms with Crippen molar-refractivity contribution in [2.24, 2.45) is 5.92 Å². The van der Waals surface area contributed by atoms with Gasteiger partial charge in [-0.1, -0.05) is 48.5 Å². The van der Waals surface area contributed by atoms with Crippen LogP contribution >= 0.6 is 0 Å². The fourth-order valence-corrected chi connectivity index (χ4v) is 4.73. The van der Waals surface area contributed by atoms with E-state index in [1.54, 1.807) is 11.9 Å². The third-order valence-electron chi connectivity index (χ3n) is 6.83. The molecule has 174 valence electrons. The maximum Gasteiger partial charge on any atom is 0.407 e. The van der Waals surface area contributed by atoms with Gasteiger partial charge in [-0.3, -0.25) is 9.59 Å². The molecule has 7 heteroatoms. The molecule has 7 nitrogen and oxygen atoms in total. The maximum atomic E-state index is 12.3. The SMILES string of the molecule is CN(C(=O)CCCCNC(=O)OCC1c2ccccc2-c2ccccc21)C1CC(C(=O)O)C1. The van der Waals surface area contributed by atoms with Gasteiger partial charge in [0.05, 0.1) is 5.92 Å². The van der Waals surface area contributed by atoms with Gasteiger partial charge in [0.1, 0.15) is 6.61 Å². The van der Waals surface area contributed by atoms with Gasteiger partial charge in [-0.15, -0.1) is 0 Å². The van der Waals surface area contributed by atoms with Gasteiger partial charge >= 0.3 is 12.1 Å². The summed E-state index contributed by atoms with van der Waals surface area (Å²) in [6, 6.07) is 16.4. The number of hydrogen-bond donors (Lipinski definition) is 2. The van der Waals surface area contributed by atoms with E-state index in [0.717, 1.165) is 0 Å². The second kappa shape index (κ2) is 10.1. The third kappa shape index (κ3) is 5.02. The number of ether oxygens (including phenoxy) is 1. The topological polar surface area (TPSA) is 95.9 Å². The minimum atomic E-state index is -0.786. The van der Waals surface area contributed by atoms with Crippen molar-refractivity contribution in [3.63, 3.8) is 0 Å². The van der Waals surface area contributed by atoms with E-state index in [4.69, 9.17) is 9.84 Å². The number of amides is 2. The summed E-state index contributed by atoms with van der Waals surface area (Å²) in [6.07, 6.45) is 2.32. The van der Waals surface area contributed by atoms with E-state index >= 15 is 0 Å². The second-order valence-electron chi connectivity index (χ2n) is 8.87. The van der Waals surface area contributed by atoms with Crippen LogP contribution in [0.3, 0.4) is 0 Å². The van der Waals surface area contributed by atoms with Gasteiger partial charge in [-0.05, 0) is 47.9 Å². The molecule has 2 amide bonds. The Morgan fingerprint density at radius 2 is 1.61 bits per heavy atom. The lowest BCUT2D eigenvalue weighted by atomic mass is 9.79. The predicted octanol–water partition coefficient (Wildman–Crippen LogP) is 4.02. The molecule has 1 saturated carbocycles. The minimum Gasteiger partial charge on any atom is -0.481 e. The summed E-state index contributed by atoms with van der Waals surface area (Å²) in [5.74, 6) is -1.06. The Morgan fingerprint density at radius 3 is 2.21 bits per heavy atom. The molecule has 0 atom stereocenters. The number of nitrogens with zero attached hydrogens (tertiary/aromatic N) is 1. The Balaban J connectivity index is 1.15. The molecule has 0 heterocycles. The number of carbonyl (C=O) groups excluding carboxylic acids is 2. The number of hydrogen-bond acceptors (Lipinski definition) is 4. The zero-order valence-corrected chi connectivity index (χ0v) is 18.8. The number of alkyl carbamates (subject to hydrolysis) is 1. The first kappa shape index (κ1) is 22.8. The Bertz CT molecular complexity index is 985. The fraction of sp³-hybridized carbons (Fsp3) is 0.423. The van der Waals surface area contributed by atoms with Crippen LogP contribution in [0.15, 0.2) is 48.5 Å². The first-order valence-corrected chi connectivity index (χ1v) is 11.5. The van der Waals surface area contributed by atoms with Crippen LogP contribution in [-0.4, -0.2) is 54.2 Å². The quantitative estimate of drug-likeness (QED) is 0.563. The van der Waals surface area contributed by atoms with Crippen molar-refractivity contribution >= 4 is 18.0 Å². The molecule has 2 aromatic carbocycles. The highest BCUT2D eigenvalue weighted by Crippen LogP contribution is 2.44. The van der Waals surface area contributed by atoms with Crippen LogP contribution in [-0.2, 0) is 14.3 Å². The molecule has 0 aliphatic heterocycles. The molecule has 0 saturated heterocycles. The Morgan fingerprint density at radius 1 is 1.00 bits per heavy atom. The molecule has 0 bridgehead atoms. The molecule has 1 fully saturated rings. The molecular weight excluding hydrogens is 420 g/mol. The highest BCUT2D eigenvalue weighted by molar-refractivity contribution is 5.79. The number of carboxylic acid groups (broad SMARTS) is 1. The van der Waals surface area contributed by atoms with Crippen molar-refractivity contribution in [1.82, 2.24) is 10.2 Å². The average molecular weight is 451 g/mol. The predicted molar refractivity (Wildman–Crippen MR) is 124 cm³/mol. The van der Waals surface area contributed by atoms with E-state index in [9.17, 15) is 14.4 Å². The molecule has 2 aliphatic rings. The molecule has 4 rings (SSSR count). The van der Waals surface area contributed by atoms with E-state index in [1.165, 1.54) is 22.3 Å². The lowest BCUT2D eigenvalue weighted by Gasteiger charge is -2.39. The smallest absolute Gasteiger partial charge is 0.407 e. The maximum absolute atomic E-state index is 12.3. The molecule has 2 aliphatic carbocycles. The molecular formula is C26H30N2O5. The monoisotopic (exact) mass is 450 g/mol. The van der Waals surface area contributed by atoms with E-state index in [-0.39, 0.29) is 30.4 Å². The Hall–Kier alpha value is -3.35. The summed E-state index contributed by atoms with van der Waals surface area (Å²) in [5, 5.41) is 11.7. The van der Waals surface area contributed by atoms with Crippen LogP contribution in [0.2, 0.25) is 0 Å². The van der Waals surface area contributed by atoms with Crippen molar-refractivity contribution < 1.29 is 24.2 Å². The van der Waals surface area contributed by atoms with Crippen molar-refractivity contribution in [3.8, 4) is 11.1 Å². The van der Waals surface area contributed by atoms with Crippen LogP contribution in [0, 0.1) is 5.92 Å². The normalized spacial score (nSPS) is 18.6. The minimum absolute atomic E-state index is 0.0185. The van der Waals surface area contributed by atoms with E-state index in [2.05, 4.69) is 29.6 Å². The first-order valence-electron chi connectivity index (χ1n) is 11.5. The average Bonchev–Trinajstić information content (AvgIpc) is 3.09. The van der Waals surface area contributed by atoms with Crippen LogP contribution in [0.4, 0.5) is 4.79 Å². The number of benzene rings is 2. The number of rotatable bonds is 9. The third-order valence-corrected chi connectivity index (χ3v) is 6.83. The van der Waals surface area contributed by atoms with Gasteiger partial charge in [0.15, 0.2) is 0 Å². The number of unbranched alkanes of at least 4 members (excludes halogenated alkanes) is 1. The highest BCUT2D eigenvalue weighted by Gasteiger charge is 2.38. The summed E-state index contributed by atoms with van der Waals surface area (Å²) in [6.45, 7) is 0.722. The molecule has 0 radical (unpaired) electrons. The van der Waals surface area contributed by atoms with Crippen molar-refractivity contribution in [2.75, 3.05) is 20.2 Å². The molecule has 2 aromatic rings. The Labute approximate surface area is 193 Å². The van der Waals surface area contributed by atoms with E-state index < -0.39 is 12.1 Å². The summed E-state index contributed by atoms with van der Waals surface area (Å²) in [7, 11) is 1.74. The zero-order valence-electron chi connectivity index (χ0n) is 18.8. The number of aliphatic carboxylic acids is 1. The lowest BCUT2D eigenvalue weighted by Crippen LogP contribution is -2.47. The number of carbonyl (C=O) groups is 3. The first-order chi connectivity index (χ1) is 16.0. The highest BCUT2D eigenvalue weighted by atomic mass is 16.5. The molecule has 0 aromatic heterocycles. The summed E-state index contributed by atoms with van der Waals surface area (Å²) in [5.41, 5.74) is 4.74. The number of nitrogens with one attached hydrogen (secondary N) is 1. The van der Waals surface area contributed by atoms with E-state index in [0.29, 0.717) is 38.6 Å². The van der Waals surface area contributed by atoms with Gasteiger partial charge in [-0.25, -0.2) is 4.79 Å². The van der Waals surface area contributed by atoms with E-state index in [1.807, 2.05) is 24.3 Å². The van der Waals surface area contributed by atoms with Crippen LogP contribution < -0.4 is 5.32 Å². The molecule has 0 unspecified atom stereocenters. The second-order valence-corrected chi connectivity index (χ2v) is 8.87. The summed E-state index contributed by atoms with van der Waals surface area (Å²) < 4.78 is 5.52. The molecule has 2 N–H and O–H groups in total. The molecule has 0 spiro atoms. The largest absolute Gasteiger partial charge is 0.481 e. The summed E-state index contributed by atoms with van der Waals surface area (Å²) >= 11 is 0.